The van der Waals surface area contributed by atoms with Crippen molar-refractivity contribution >= 4 is 12.1 Å². The van der Waals surface area contributed by atoms with Crippen LogP contribution in [-0.2, 0) is 9.53 Å². The molecule has 1 N–H and O–H groups in total. The SMILES string of the molecule is CCC(C)C(C(=O)O)N(C(=O)OC(C)(C)C)C(C)C. The molecule has 19 heavy (non-hydrogen) atoms. The predicted molar refractivity (Wildman–Crippen MR) is 74.1 cm³/mol. The lowest BCUT2D eigenvalue weighted by Crippen LogP contribution is -2.53. The number of carboxylic acids is 1. The van der Waals surface area contributed by atoms with Crippen molar-refractivity contribution in [3.8, 4) is 0 Å². The van der Waals surface area contributed by atoms with Crippen LogP contribution < -0.4 is 0 Å². The first kappa shape index (κ1) is 17.7. The maximum Gasteiger partial charge on any atom is 0.411 e. The minimum atomic E-state index is -0.992. The minimum absolute atomic E-state index is 0.132. The zero-order chi connectivity index (χ0) is 15.4. The van der Waals surface area contributed by atoms with Crippen LogP contribution in [0, 0.1) is 5.92 Å². The van der Waals surface area contributed by atoms with Crippen LogP contribution in [0.4, 0.5) is 4.79 Å². The Balaban J connectivity index is 5.27. The molecule has 0 saturated heterocycles. The van der Waals surface area contributed by atoms with E-state index in [1.807, 2.05) is 13.8 Å². The van der Waals surface area contributed by atoms with Gasteiger partial charge in [0.25, 0.3) is 0 Å². The maximum absolute atomic E-state index is 12.2. The van der Waals surface area contributed by atoms with Crippen molar-refractivity contribution in [1.29, 1.82) is 0 Å². The molecule has 2 unspecified atom stereocenters. The van der Waals surface area contributed by atoms with E-state index in [-0.39, 0.29) is 12.0 Å². The van der Waals surface area contributed by atoms with Crippen LogP contribution in [0.2, 0.25) is 0 Å². The summed E-state index contributed by atoms with van der Waals surface area (Å²) in [6.45, 7) is 12.6. The molecule has 0 fully saturated rings. The van der Waals surface area contributed by atoms with Crippen molar-refractivity contribution < 1.29 is 19.4 Å². The Bertz CT molecular complexity index is 320. The number of aliphatic carboxylic acids is 1. The van der Waals surface area contributed by atoms with E-state index >= 15 is 0 Å². The van der Waals surface area contributed by atoms with Gasteiger partial charge >= 0.3 is 12.1 Å². The first-order valence-corrected chi connectivity index (χ1v) is 6.75. The highest BCUT2D eigenvalue weighted by Crippen LogP contribution is 2.21. The van der Waals surface area contributed by atoms with E-state index in [2.05, 4.69) is 0 Å². The number of amides is 1. The highest BCUT2D eigenvalue weighted by atomic mass is 16.6. The van der Waals surface area contributed by atoms with E-state index < -0.39 is 23.7 Å². The molecule has 5 heteroatoms. The fraction of sp³-hybridized carbons (Fsp3) is 0.857. The van der Waals surface area contributed by atoms with E-state index in [9.17, 15) is 14.7 Å². The van der Waals surface area contributed by atoms with Gasteiger partial charge in [0.05, 0.1) is 0 Å². The number of hydrogen-bond donors (Lipinski definition) is 1. The molecule has 0 aliphatic carbocycles. The van der Waals surface area contributed by atoms with Gasteiger partial charge in [0.15, 0.2) is 0 Å². The van der Waals surface area contributed by atoms with Gasteiger partial charge in [0.1, 0.15) is 11.6 Å². The fourth-order valence-corrected chi connectivity index (χ4v) is 1.82. The molecule has 0 saturated carbocycles. The Kier molecular flexibility index (Phi) is 6.33. The van der Waals surface area contributed by atoms with Crippen LogP contribution in [0.5, 0.6) is 0 Å². The van der Waals surface area contributed by atoms with Crippen LogP contribution in [0.25, 0.3) is 0 Å². The molecule has 5 nitrogen and oxygen atoms in total. The fourth-order valence-electron chi connectivity index (χ4n) is 1.82. The lowest BCUT2D eigenvalue weighted by atomic mass is 9.97. The Hall–Kier alpha value is -1.26. The van der Waals surface area contributed by atoms with Crippen molar-refractivity contribution in [2.24, 2.45) is 5.92 Å². The van der Waals surface area contributed by atoms with E-state index in [4.69, 9.17) is 4.74 Å². The predicted octanol–water partition coefficient (Wildman–Crippen LogP) is 3.13. The van der Waals surface area contributed by atoms with Gasteiger partial charge in [-0.25, -0.2) is 9.59 Å². The number of hydrogen-bond acceptors (Lipinski definition) is 3. The van der Waals surface area contributed by atoms with E-state index in [1.165, 1.54) is 4.90 Å². The topological polar surface area (TPSA) is 66.8 Å². The van der Waals surface area contributed by atoms with E-state index in [0.29, 0.717) is 6.42 Å². The van der Waals surface area contributed by atoms with Crippen molar-refractivity contribution in [1.82, 2.24) is 4.90 Å². The number of carbonyl (C=O) groups excluding carboxylic acids is 1. The number of ether oxygens (including phenoxy) is 1. The molecule has 0 aromatic heterocycles. The second-order valence-electron chi connectivity index (χ2n) is 6.15. The Morgan fingerprint density at radius 2 is 1.68 bits per heavy atom. The Labute approximate surface area is 115 Å². The zero-order valence-corrected chi connectivity index (χ0v) is 13.1. The number of nitrogens with zero attached hydrogens (tertiary/aromatic N) is 1. The summed E-state index contributed by atoms with van der Waals surface area (Å²) < 4.78 is 5.31. The van der Waals surface area contributed by atoms with Gasteiger partial charge in [-0.2, -0.15) is 0 Å². The summed E-state index contributed by atoms with van der Waals surface area (Å²) >= 11 is 0. The molecule has 0 bridgehead atoms. The molecule has 0 aromatic rings. The summed E-state index contributed by atoms with van der Waals surface area (Å²) in [5, 5.41) is 9.39. The van der Waals surface area contributed by atoms with Crippen LogP contribution >= 0.6 is 0 Å². The second-order valence-corrected chi connectivity index (χ2v) is 6.15. The van der Waals surface area contributed by atoms with E-state index in [0.717, 1.165) is 0 Å². The summed E-state index contributed by atoms with van der Waals surface area (Å²) in [4.78, 5) is 25.0. The maximum atomic E-state index is 12.2. The summed E-state index contributed by atoms with van der Waals surface area (Å²) in [6, 6.07) is -1.09. The van der Waals surface area contributed by atoms with Gasteiger partial charge < -0.3 is 9.84 Å². The third-order valence-electron chi connectivity index (χ3n) is 2.90. The van der Waals surface area contributed by atoms with Gasteiger partial charge in [0, 0.05) is 6.04 Å². The average Bonchev–Trinajstić information content (AvgIpc) is 2.20. The molecule has 0 spiro atoms. The number of carboxylic acid groups (broad SMARTS) is 1. The number of rotatable bonds is 5. The van der Waals surface area contributed by atoms with Gasteiger partial charge in [-0.3, -0.25) is 4.90 Å². The monoisotopic (exact) mass is 273 g/mol. The van der Waals surface area contributed by atoms with Gasteiger partial charge in [-0.15, -0.1) is 0 Å². The first-order chi connectivity index (χ1) is 8.51. The molecular weight excluding hydrogens is 246 g/mol. The van der Waals surface area contributed by atoms with Crippen LogP contribution in [0.3, 0.4) is 0 Å². The highest BCUT2D eigenvalue weighted by molar-refractivity contribution is 5.80. The molecule has 1 amide bonds. The highest BCUT2D eigenvalue weighted by Gasteiger charge is 2.37. The molecular formula is C14H27NO4. The third-order valence-corrected chi connectivity index (χ3v) is 2.90. The smallest absolute Gasteiger partial charge is 0.411 e. The van der Waals surface area contributed by atoms with Gasteiger partial charge in [-0.05, 0) is 40.5 Å². The molecule has 0 aliphatic heterocycles. The molecule has 0 heterocycles. The molecule has 0 radical (unpaired) electrons. The minimum Gasteiger partial charge on any atom is -0.480 e. The van der Waals surface area contributed by atoms with Crippen molar-refractivity contribution in [3.05, 3.63) is 0 Å². The normalized spacial score (nSPS) is 14.9. The standard InChI is InChI=1S/C14H27NO4/c1-8-10(4)11(12(16)17)15(9(2)3)13(18)19-14(5,6)7/h9-11H,8H2,1-7H3,(H,16,17). The Morgan fingerprint density at radius 3 is 1.95 bits per heavy atom. The zero-order valence-electron chi connectivity index (χ0n) is 13.1. The average molecular weight is 273 g/mol. The molecule has 2 atom stereocenters. The lowest BCUT2D eigenvalue weighted by Gasteiger charge is -2.36. The number of carbonyl (C=O) groups is 2. The van der Waals surface area contributed by atoms with Crippen molar-refractivity contribution in [2.75, 3.05) is 0 Å². The van der Waals surface area contributed by atoms with E-state index in [1.54, 1.807) is 34.6 Å². The Morgan fingerprint density at radius 1 is 1.21 bits per heavy atom. The third kappa shape index (κ3) is 5.49. The summed E-state index contributed by atoms with van der Waals surface area (Å²) in [6.07, 6.45) is 0.110. The largest absolute Gasteiger partial charge is 0.480 e. The summed E-state index contributed by atoms with van der Waals surface area (Å²) in [5.41, 5.74) is -0.636. The van der Waals surface area contributed by atoms with Crippen LogP contribution in [0.1, 0.15) is 54.9 Å². The van der Waals surface area contributed by atoms with Gasteiger partial charge in [0.2, 0.25) is 0 Å². The molecule has 0 rings (SSSR count). The van der Waals surface area contributed by atoms with Crippen LogP contribution in [-0.4, -0.2) is 39.8 Å². The summed E-state index contributed by atoms with van der Waals surface area (Å²) in [5.74, 6) is -1.12. The molecule has 112 valence electrons. The van der Waals surface area contributed by atoms with Gasteiger partial charge in [-0.1, -0.05) is 20.3 Å². The second kappa shape index (κ2) is 6.78. The van der Waals surface area contributed by atoms with Crippen molar-refractivity contribution in [3.63, 3.8) is 0 Å². The first-order valence-electron chi connectivity index (χ1n) is 6.75. The lowest BCUT2D eigenvalue weighted by molar-refractivity contribution is -0.146. The van der Waals surface area contributed by atoms with Crippen molar-refractivity contribution in [2.45, 2.75) is 72.6 Å². The molecule has 0 aromatic carbocycles. The summed E-state index contributed by atoms with van der Waals surface area (Å²) in [7, 11) is 0. The van der Waals surface area contributed by atoms with Crippen LogP contribution in [0.15, 0.2) is 0 Å². The quantitative estimate of drug-likeness (QED) is 0.835. The molecule has 0 aliphatic rings.